The molecule has 1 aromatic rings. The second-order valence-corrected chi connectivity index (χ2v) is 4.77. The van der Waals surface area contributed by atoms with Gasteiger partial charge in [-0.25, -0.2) is 4.39 Å². The Bertz CT molecular complexity index is 535. The van der Waals surface area contributed by atoms with Gasteiger partial charge in [0.15, 0.2) is 5.78 Å². The van der Waals surface area contributed by atoms with Gasteiger partial charge in [-0.2, -0.15) is 0 Å². The van der Waals surface area contributed by atoms with Crippen molar-refractivity contribution >= 4 is 17.6 Å². The molecule has 2 rings (SSSR count). The lowest BCUT2D eigenvalue weighted by Gasteiger charge is -2.13. The molecule has 2 amide bonds. The van der Waals surface area contributed by atoms with E-state index < -0.39 is 23.4 Å². The zero-order valence-corrected chi connectivity index (χ0v) is 10.7. The summed E-state index contributed by atoms with van der Waals surface area (Å²) in [4.78, 5) is 36.6. The van der Waals surface area contributed by atoms with Gasteiger partial charge in [0, 0.05) is 17.4 Å². The van der Waals surface area contributed by atoms with E-state index in [1.54, 1.807) is 13.8 Å². The molecule has 2 unspecified atom stereocenters. The first-order chi connectivity index (χ1) is 8.91. The van der Waals surface area contributed by atoms with Gasteiger partial charge in [0.25, 0.3) is 0 Å². The number of imide groups is 1. The smallest absolute Gasteiger partial charge is 0.233 e. The fourth-order valence-electron chi connectivity index (χ4n) is 2.08. The number of ketones is 1. The molecule has 0 aromatic heterocycles. The van der Waals surface area contributed by atoms with E-state index in [-0.39, 0.29) is 23.9 Å². The van der Waals surface area contributed by atoms with Gasteiger partial charge in [0.1, 0.15) is 5.82 Å². The molecular formula is C14H14FNO3. The second kappa shape index (κ2) is 4.91. The lowest BCUT2D eigenvalue weighted by molar-refractivity contribution is -0.139. The van der Waals surface area contributed by atoms with E-state index in [1.807, 2.05) is 0 Å². The average molecular weight is 263 g/mol. The number of halogens is 1. The van der Waals surface area contributed by atoms with Crippen LogP contribution in [0.3, 0.4) is 0 Å². The summed E-state index contributed by atoms with van der Waals surface area (Å²) in [6.45, 7) is 3.00. The number of amides is 2. The molecule has 0 radical (unpaired) electrons. The van der Waals surface area contributed by atoms with Crippen molar-refractivity contribution in [3.8, 4) is 0 Å². The molecule has 1 aromatic carbocycles. The first-order valence-electron chi connectivity index (χ1n) is 6.06. The van der Waals surface area contributed by atoms with Crippen LogP contribution in [0.15, 0.2) is 24.3 Å². The van der Waals surface area contributed by atoms with Gasteiger partial charge < -0.3 is 0 Å². The number of nitrogens with zero attached hydrogens (tertiary/aromatic N) is 1. The minimum absolute atomic E-state index is 0.160. The molecule has 1 heterocycles. The zero-order valence-electron chi connectivity index (χ0n) is 10.7. The molecule has 4 nitrogen and oxygen atoms in total. The van der Waals surface area contributed by atoms with E-state index in [4.69, 9.17) is 0 Å². The Morgan fingerprint density at radius 1 is 1.21 bits per heavy atom. The highest BCUT2D eigenvalue weighted by Gasteiger charge is 2.42. The first-order valence-corrected chi connectivity index (χ1v) is 6.06. The Hall–Kier alpha value is -2.04. The molecule has 1 aliphatic rings. The third kappa shape index (κ3) is 2.41. The third-order valence-electron chi connectivity index (χ3n) is 3.51. The number of carbonyl (C=O) groups is 3. The standard InChI is InChI=1S/C14H14FNO3/c1-8-9(2)14(19)16(13(8)18)7-12(17)10-4-3-5-11(15)6-10/h3-6,8-9H,7H2,1-2H3. The van der Waals surface area contributed by atoms with Crippen LogP contribution in [0.25, 0.3) is 0 Å². The van der Waals surface area contributed by atoms with Gasteiger partial charge in [-0.1, -0.05) is 26.0 Å². The predicted octanol–water partition coefficient (Wildman–Crippen LogP) is 1.65. The fourth-order valence-corrected chi connectivity index (χ4v) is 2.08. The number of benzene rings is 1. The Labute approximate surface area is 110 Å². The van der Waals surface area contributed by atoms with Crippen LogP contribution in [0, 0.1) is 17.7 Å². The topological polar surface area (TPSA) is 54.5 Å². The van der Waals surface area contributed by atoms with Crippen molar-refractivity contribution in [1.82, 2.24) is 4.90 Å². The summed E-state index contributed by atoms with van der Waals surface area (Å²) in [7, 11) is 0. The third-order valence-corrected chi connectivity index (χ3v) is 3.51. The lowest BCUT2D eigenvalue weighted by atomic mass is 10.00. The molecular weight excluding hydrogens is 249 g/mol. The van der Waals surface area contributed by atoms with Crippen LogP contribution in [0.4, 0.5) is 4.39 Å². The molecule has 1 fully saturated rings. The van der Waals surface area contributed by atoms with Gasteiger partial charge in [-0.3, -0.25) is 19.3 Å². The largest absolute Gasteiger partial charge is 0.292 e. The minimum atomic E-state index is -0.522. The van der Waals surface area contributed by atoms with Crippen LogP contribution in [-0.4, -0.2) is 29.0 Å². The molecule has 0 bridgehead atoms. The highest BCUT2D eigenvalue weighted by Crippen LogP contribution is 2.25. The van der Waals surface area contributed by atoms with Gasteiger partial charge >= 0.3 is 0 Å². The maximum absolute atomic E-state index is 13.0. The summed E-state index contributed by atoms with van der Waals surface area (Å²) >= 11 is 0. The summed E-state index contributed by atoms with van der Waals surface area (Å²) in [6, 6.07) is 5.21. The minimum Gasteiger partial charge on any atom is -0.292 e. The van der Waals surface area contributed by atoms with Crippen molar-refractivity contribution in [2.75, 3.05) is 6.54 Å². The van der Waals surface area contributed by atoms with Crippen LogP contribution >= 0.6 is 0 Å². The van der Waals surface area contributed by atoms with Crippen molar-refractivity contribution in [1.29, 1.82) is 0 Å². The summed E-state index contributed by atoms with van der Waals surface area (Å²) in [6.07, 6.45) is 0. The van der Waals surface area contributed by atoms with E-state index in [1.165, 1.54) is 18.2 Å². The highest BCUT2D eigenvalue weighted by molar-refractivity contribution is 6.09. The van der Waals surface area contributed by atoms with Crippen LogP contribution < -0.4 is 0 Å². The second-order valence-electron chi connectivity index (χ2n) is 4.77. The molecule has 0 saturated carbocycles. The number of rotatable bonds is 3. The van der Waals surface area contributed by atoms with Crippen molar-refractivity contribution < 1.29 is 18.8 Å². The van der Waals surface area contributed by atoms with Crippen LogP contribution in [-0.2, 0) is 9.59 Å². The van der Waals surface area contributed by atoms with E-state index >= 15 is 0 Å². The summed E-state index contributed by atoms with van der Waals surface area (Å²) in [5, 5.41) is 0. The molecule has 100 valence electrons. The van der Waals surface area contributed by atoms with Crippen LogP contribution in [0.1, 0.15) is 24.2 Å². The van der Waals surface area contributed by atoms with Gasteiger partial charge in [0.05, 0.1) is 6.54 Å². The Balaban J connectivity index is 2.16. The van der Waals surface area contributed by atoms with Crippen molar-refractivity contribution in [2.24, 2.45) is 11.8 Å². The number of likely N-dealkylation sites (tertiary alicyclic amines) is 1. The Kier molecular flexibility index (Phi) is 3.46. The van der Waals surface area contributed by atoms with Crippen LogP contribution in [0.5, 0.6) is 0 Å². The lowest BCUT2D eigenvalue weighted by Crippen LogP contribution is -2.35. The monoisotopic (exact) mass is 263 g/mol. The van der Waals surface area contributed by atoms with E-state index in [2.05, 4.69) is 0 Å². The number of Topliss-reactive ketones (excluding diaryl/α,β-unsaturated/α-hetero) is 1. The van der Waals surface area contributed by atoms with E-state index in [9.17, 15) is 18.8 Å². The summed E-state index contributed by atoms with van der Waals surface area (Å²) < 4.78 is 13.0. The zero-order chi connectivity index (χ0) is 14.2. The molecule has 0 N–H and O–H groups in total. The van der Waals surface area contributed by atoms with Gasteiger partial charge in [0.2, 0.25) is 11.8 Å². The molecule has 1 saturated heterocycles. The molecule has 5 heteroatoms. The van der Waals surface area contributed by atoms with Gasteiger partial charge in [-0.05, 0) is 12.1 Å². The van der Waals surface area contributed by atoms with Crippen molar-refractivity contribution in [3.63, 3.8) is 0 Å². The van der Waals surface area contributed by atoms with Crippen molar-refractivity contribution in [2.45, 2.75) is 13.8 Å². The first kappa shape index (κ1) is 13.4. The van der Waals surface area contributed by atoms with Gasteiger partial charge in [-0.15, -0.1) is 0 Å². The van der Waals surface area contributed by atoms with E-state index in [0.29, 0.717) is 0 Å². The quantitative estimate of drug-likeness (QED) is 0.615. The van der Waals surface area contributed by atoms with E-state index in [0.717, 1.165) is 11.0 Å². The fraction of sp³-hybridized carbons (Fsp3) is 0.357. The normalized spacial score (nSPS) is 23.0. The average Bonchev–Trinajstić information content (AvgIpc) is 2.56. The molecule has 0 spiro atoms. The molecule has 0 aliphatic carbocycles. The molecule has 2 atom stereocenters. The highest BCUT2D eigenvalue weighted by atomic mass is 19.1. The molecule has 19 heavy (non-hydrogen) atoms. The predicted molar refractivity (Wildman–Crippen MR) is 65.8 cm³/mol. The Morgan fingerprint density at radius 2 is 1.79 bits per heavy atom. The van der Waals surface area contributed by atoms with Crippen LogP contribution in [0.2, 0.25) is 0 Å². The van der Waals surface area contributed by atoms with Crippen molar-refractivity contribution in [3.05, 3.63) is 35.6 Å². The maximum Gasteiger partial charge on any atom is 0.233 e. The summed E-state index contributed by atoms with van der Waals surface area (Å²) in [5.74, 6) is -2.47. The molecule has 1 aliphatic heterocycles. The summed E-state index contributed by atoms with van der Waals surface area (Å²) in [5.41, 5.74) is 0.160. The number of carbonyl (C=O) groups excluding carboxylic acids is 3. The maximum atomic E-state index is 13.0. The number of hydrogen-bond acceptors (Lipinski definition) is 3. The SMILES string of the molecule is CC1C(=O)N(CC(=O)c2cccc(F)c2)C(=O)C1C. The number of hydrogen-bond donors (Lipinski definition) is 0. The Morgan fingerprint density at radius 3 is 2.32 bits per heavy atom.